The fraction of sp³-hybridized carbons (Fsp3) is 0.769. The zero-order valence-corrected chi connectivity index (χ0v) is 11.5. The zero-order chi connectivity index (χ0) is 12.0. The average Bonchev–Trinajstić information content (AvgIpc) is 2.84. The summed E-state index contributed by atoms with van der Waals surface area (Å²) < 4.78 is 0. The first-order chi connectivity index (χ1) is 8.08. The van der Waals surface area contributed by atoms with Crippen molar-refractivity contribution in [3.63, 3.8) is 0 Å². The van der Waals surface area contributed by atoms with Gasteiger partial charge in [0.15, 0.2) is 0 Å². The number of hydrogen-bond acceptors (Lipinski definition) is 4. The van der Waals surface area contributed by atoms with Crippen molar-refractivity contribution in [3.05, 3.63) is 15.6 Å². The molecule has 3 nitrogen and oxygen atoms in total. The summed E-state index contributed by atoms with van der Waals surface area (Å²) in [6.45, 7) is 3.35. The Morgan fingerprint density at radius 2 is 2.29 bits per heavy atom. The summed E-state index contributed by atoms with van der Waals surface area (Å²) in [5, 5.41) is 1.20. The number of rotatable bonds is 1. The maximum absolute atomic E-state index is 6.62. The fourth-order valence-corrected chi connectivity index (χ4v) is 4.27. The van der Waals surface area contributed by atoms with Gasteiger partial charge in [0.05, 0.1) is 11.2 Å². The normalized spacial score (nSPS) is 33.9. The van der Waals surface area contributed by atoms with Crippen molar-refractivity contribution in [1.82, 2.24) is 9.88 Å². The highest BCUT2D eigenvalue weighted by molar-refractivity contribution is 7.12. The molecule has 0 radical (unpaired) electrons. The van der Waals surface area contributed by atoms with Gasteiger partial charge in [-0.3, -0.25) is 0 Å². The number of piperidine rings is 1. The first-order valence-electron chi connectivity index (χ1n) is 6.57. The molecule has 2 unspecified atom stereocenters. The van der Waals surface area contributed by atoms with Gasteiger partial charge in [-0.2, -0.15) is 0 Å². The lowest BCUT2D eigenvalue weighted by atomic mass is 9.85. The molecular formula is C13H21N3S. The molecule has 1 aromatic rings. The van der Waals surface area contributed by atoms with E-state index >= 15 is 0 Å². The topological polar surface area (TPSA) is 42.1 Å². The number of fused-ring (bicyclic) bond motifs is 1. The summed E-state index contributed by atoms with van der Waals surface area (Å²) in [6, 6.07) is 0.562. The Balaban J connectivity index is 1.87. The van der Waals surface area contributed by atoms with Gasteiger partial charge in [0.1, 0.15) is 5.01 Å². The molecule has 0 spiro atoms. The van der Waals surface area contributed by atoms with Crippen LogP contribution in [-0.2, 0) is 18.4 Å². The summed E-state index contributed by atoms with van der Waals surface area (Å²) in [6.07, 6.45) is 5.75. The molecule has 94 valence electrons. The van der Waals surface area contributed by atoms with Crippen molar-refractivity contribution in [2.24, 2.45) is 5.73 Å². The predicted molar refractivity (Wildman–Crippen MR) is 71.3 cm³/mol. The third kappa shape index (κ3) is 1.92. The standard InChI is InChI=1S/C13H21N3S/c1-9-8-13(14,6-7-16(9)2)12-15-10-4-3-5-11(10)17-12/h9H,3-8,14H2,1-2H3. The SMILES string of the molecule is CC1CC(N)(c2nc3c(s2)CCC3)CCN1C. The molecule has 0 amide bonds. The Labute approximate surface area is 107 Å². The molecular weight excluding hydrogens is 230 g/mol. The van der Waals surface area contributed by atoms with Crippen LogP contribution in [0, 0.1) is 0 Å². The molecule has 2 heterocycles. The Morgan fingerprint density at radius 3 is 3.00 bits per heavy atom. The molecule has 0 aromatic carbocycles. The van der Waals surface area contributed by atoms with Crippen molar-refractivity contribution in [2.45, 2.75) is 50.6 Å². The first kappa shape index (κ1) is 11.6. The minimum Gasteiger partial charge on any atom is -0.319 e. The van der Waals surface area contributed by atoms with Crippen molar-refractivity contribution < 1.29 is 0 Å². The van der Waals surface area contributed by atoms with E-state index in [9.17, 15) is 0 Å². The lowest BCUT2D eigenvalue weighted by Gasteiger charge is -2.40. The quantitative estimate of drug-likeness (QED) is 0.829. The van der Waals surface area contributed by atoms with E-state index in [2.05, 4.69) is 18.9 Å². The maximum Gasteiger partial charge on any atom is 0.113 e. The van der Waals surface area contributed by atoms with E-state index in [-0.39, 0.29) is 5.54 Å². The Bertz CT molecular complexity index is 407. The van der Waals surface area contributed by atoms with Crippen LogP contribution in [0.1, 0.15) is 41.8 Å². The van der Waals surface area contributed by atoms with Gasteiger partial charge in [-0.05, 0) is 46.1 Å². The number of thiazole rings is 1. The summed E-state index contributed by atoms with van der Waals surface area (Å²) in [4.78, 5) is 8.71. The Kier molecular flexibility index (Phi) is 2.76. The number of hydrogen-bond donors (Lipinski definition) is 1. The lowest BCUT2D eigenvalue weighted by molar-refractivity contribution is 0.131. The van der Waals surface area contributed by atoms with Crippen LogP contribution in [0.3, 0.4) is 0 Å². The zero-order valence-electron chi connectivity index (χ0n) is 10.7. The van der Waals surface area contributed by atoms with Crippen molar-refractivity contribution in [2.75, 3.05) is 13.6 Å². The van der Waals surface area contributed by atoms with Crippen molar-refractivity contribution >= 4 is 11.3 Å². The highest BCUT2D eigenvalue weighted by Crippen LogP contribution is 2.38. The van der Waals surface area contributed by atoms with Gasteiger partial charge >= 0.3 is 0 Å². The number of nitrogens with two attached hydrogens (primary N) is 1. The molecule has 1 fully saturated rings. The van der Waals surface area contributed by atoms with Crippen LogP contribution in [0.25, 0.3) is 0 Å². The largest absolute Gasteiger partial charge is 0.319 e. The van der Waals surface area contributed by atoms with E-state index in [1.165, 1.54) is 28.4 Å². The van der Waals surface area contributed by atoms with Crippen LogP contribution in [0.15, 0.2) is 0 Å². The minimum absolute atomic E-state index is 0.166. The van der Waals surface area contributed by atoms with Crippen LogP contribution in [-0.4, -0.2) is 29.5 Å². The Morgan fingerprint density at radius 1 is 1.47 bits per heavy atom. The second kappa shape index (κ2) is 4.04. The number of likely N-dealkylation sites (tertiary alicyclic amines) is 1. The molecule has 0 bridgehead atoms. The third-order valence-electron chi connectivity index (χ3n) is 4.34. The van der Waals surface area contributed by atoms with Crippen LogP contribution in [0.4, 0.5) is 0 Å². The molecule has 1 aromatic heterocycles. The van der Waals surface area contributed by atoms with E-state index in [0.717, 1.165) is 25.8 Å². The van der Waals surface area contributed by atoms with Gasteiger partial charge in [0, 0.05) is 17.5 Å². The summed E-state index contributed by atoms with van der Waals surface area (Å²) in [7, 11) is 2.19. The molecule has 2 N–H and O–H groups in total. The number of aryl methyl sites for hydroxylation is 2. The second-order valence-electron chi connectivity index (χ2n) is 5.68. The molecule has 4 heteroatoms. The van der Waals surface area contributed by atoms with Gasteiger partial charge in [0.25, 0.3) is 0 Å². The van der Waals surface area contributed by atoms with Gasteiger partial charge < -0.3 is 10.6 Å². The fourth-order valence-electron chi connectivity index (χ4n) is 2.98. The first-order valence-corrected chi connectivity index (χ1v) is 7.38. The maximum atomic E-state index is 6.62. The highest BCUT2D eigenvalue weighted by atomic mass is 32.1. The molecule has 2 atom stereocenters. The van der Waals surface area contributed by atoms with E-state index < -0.39 is 0 Å². The molecule has 2 aliphatic rings. The van der Waals surface area contributed by atoms with Gasteiger partial charge in [-0.1, -0.05) is 0 Å². The Hall–Kier alpha value is -0.450. The van der Waals surface area contributed by atoms with Gasteiger partial charge in [-0.25, -0.2) is 4.98 Å². The molecule has 0 saturated carbocycles. The number of aromatic nitrogens is 1. The van der Waals surface area contributed by atoms with Crippen LogP contribution >= 0.6 is 11.3 Å². The molecule has 1 aliphatic carbocycles. The second-order valence-corrected chi connectivity index (χ2v) is 6.77. The van der Waals surface area contributed by atoms with Crippen molar-refractivity contribution in [1.29, 1.82) is 0 Å². The molecule has 17 heavy (non-hydrogen) atoms. The monoisotopic (exact) mass is 251 g/mol. The molecule has 1 aliphatic heterocycles. The third-order valence-corrected chi connectivity index (χ3v) is 5.72. The van der Waals surface area contributed by atoms with Crippen molar-refractivity contribution in [3.8, 4) is 0 Å². The number of nitrogens with zero attached hydrogens (tertiary/aromatic N) is 2. The van der Waals surface area contributed by atoms with Crippen LogP contribution in [0.2, 0.25) is 0 Å². The lowest BCUT2D eigenvalue weighted by Crippen LogP contribution is -2.50. The summed E-state index contributed by atoms with van der Waals surface area (Å²) in [5.41, 5.74) is 7.78. The van der Waals surface area contributed by atoms with Gasteiger partial charge in [-0.15, -0.1) is 11.3 Å². The van der Waals surface area contributed by atoms with Crippen LogP contribution < -0.4 is 5.73 Å². The summed E-state index contributed by atoms with van der Waals surface area (Å²) >= 11 is 1.88. The molecule has 3 rings (SSSR count). The smallest absolute Gasteiger partial charge is 0.113 e. The summed E-state index contributed by atoms with van der Waals surface area (Å²) in [5.74, 6) is 0. The van der Waals surface area contributed by atoms with E-state index in [1.54, 1.807) is 0 Å². The average molecular weight is 251 g/mol. The molecule has 1 saturated heterocycles. The predicted octanol–water partition coefficient (Wildman–Crippen LogP) is 1.90. The van der Waals surface area contributed by atoms with E-state index in [1.807, 2.05) is 11.3 Å². The van der Waals surface area contributed by atoms with Crippen LogP contribution in [0.5, 0.6) is 0 Å². The minimum atomic E-state index is -0.166. The van der Waals surface area contributed by atoms with E-state index in [4.69, 9.17) is 10.7 Å². The van der Waals surface area contributed by atoms with E-state index in [0.29, 0.717) is 6.04 Å². The van der Waals surface area contributed by atoms with Gasteiger partial charge in [0.2, 0.25) is 0 Å². The highest BCUT2D eigenvalue weighted by Gasteiger charge is 2.38.